The molecule has 0 atom stereocenters. The first-order chi connectivity index (χ1) is 13.1. The number of carbonyl (C=O) groups excluding carboxylic acids is 1. The molecule has 0 aliphatic heterocycles. The first-order valence-corrected chi connectivity index (χ1v) is 9.65. The molecule has 0 N–H and O–H groups in total. The van der Waals surface area contributed by atoms with Crippen molar-refractivity contribution in [1.82, 2.24) is 9.97 Å². The number of amides is 1. The minimum absolute atomic E-state index is 0.131. The molecule has 0 aliphatic rings. The highest BCUT2D eigenvalue weighted by molar-refractivity contribution is 7.22. The lowest BCUT2D eigenvalue weighted by Gasteiger charge is -2.19. The summed E-state index contributed by atoms with van der Waals surface area (Å²) in [5.41, 5.74) is 3.38. The van der Waals surface area contributed by atoms with Crippen molar-refractivity contribution >= 4 is 44.2 Å². The number of hydrogen-bond donors (Lipinski definition) is 0. The first kappa shape index (κ1) is 17.6. The van der Waals surface area contributed by atoms with Gasteiger partial charge in [-0.3, -0.25) is 14.7 Å². The summed E-state index contributed by atoms with van der Waals surface area (Å²) < 4.78 is 1.06. The number of benzene rings is 2. The minimum atomic E-state index is -0.131. The van der Waals surface area contributed by atoms with E-state index in [1.807, 2.05) is 43.3 Å². The summed E-state index contributed by atoms with van der Waals surface area (Å²) >= 11 is 7.47. The monoisotopic (exact) mass is 393 g/mol. The number of hydrogen-bond acceptors (Lipinski definition) is 4. The van der Waals surface area contributed by atoms with E-state index in [9.17, 15) is 4.79 Å². The molecular weight excluding hydrogens is 378 g/mol. The van der Waals surface area contributed by atoms with E-state index in [0.29, 0.717) is 22.3 Å². The molecule has 0 aliphatic carbocycles. The highest BCUT2D eigenvalue weighted by Crippen LogP contribution is 2.32. The maximum atomic E-state index is 13.2. The summed E-state index contributed by atoms with van der Waals surface area (Å²) in [6, 6.07) is 18.6. The Bertz CT molecular complexity index is 1090. The summed E-state index contributed by atoms with van der Waals surface area (Å²) in [7, 11) is 0. The van der Waals surface area contributed by atoms with Crippen LogP contribution in [0.3, 0.4) is 0 Å². The maximum Gasteiger partial charge on any atom is 0.260 e. The summed E-state index contributed by atoms with van der Waals surface area (Å²) in [6.45, 7) is 2.37. The van der Waals surface area contributed by atoms with Crippen molar-refractivity contribution in [1.29, 1.82) is 0 Å². The van der Waals surface area contributed by atoms with Crippen LogP contribution in [0, 0.1) is 6.92 Å². The molecule has 0 radical (unpaired) electrons. The van der Waals surface area contributed by atoms with Crippen LogP contribution >= 0.6 is 22.9 Å². The van der Waals surface area contributed by atoms with Crippen molar-refractivity contribution in [3.63, 3.8) is 0 Å². The Morgan fingerprint density at radius 3 is 2.59 bits per heavy atom. The van der Waals surface area contributed by atoms with Gasteiger partial charge in [0.25, 0.3) is 5.91 Å². The second kappa shape index (κ2) is 7.47. The predicted octanol–water partition coefficient (Wildman–Crippen LogP) is 5.50. The van der Waals surface area contributed by atoms with Gasteiger partial charge in [-0.2, -0.15) is 0 Å². The van der Waals surface area contributed by atoms with Gasteiger partial charge in [0.05, 0.1) is 22.5 Å². The van der Waals surface area contributed by atoms with Crippen LogP contribution in [0.15, 0.2) is 66.9 Å². The highest BCUT2D eigenvalue weighted by atomic mass is 35.5. The average molecular weight is 394 g/mol. The van der Waals surface area contributed by atoms with Gasteiger partial charge >= 0.3 is 0 Å². The molecule has 6 heteroatoms. The van der Waals surface area contributed by atoms with Crippen LogP contribution < -0.4 is 4.90 Å². The molecule has 0 bridgehead atoms. The number of halogens is 1. The molecule has 1 amide bonds. The van der Waals surface area contributed by atoms with E-state index in [1.165, 1.54) is 11.3 Å². The smallest absolute Gasteiger partial charge is 0.260 e. The number of anilines is 1. The van der Waals surface area contributed by atoms with Crippen LogP contribution in [-0.4, -0.2) is 15.9 Å². The molecule has 0 spiro atoms. The van der Waals surface area contributed by atoms with E-state index < -0.39 is 0 Å². The number of para-hydroxylation sites is 1. The predicted molar refractivity (Wildman–Crippen MR) is 111 cm³/mol. The fourth-order valence-corrected chi connectivity index (χ4v) is 3.99. The van der Waals surface area contributed by atoms with E-state index in [1.54, 1.807) is 35.4 Å². The number of aromatic nitrogens is 2. The molecule has 0 fully saturated rings. The zero-order valence-electron chi connectivity index (χ0n) is 14.6. The molecule has 134 valence electrons. The Morgan fingerprint density at radius 1 is 1.07 bits per heavy atom. The second-order valence-corrected chi connectivity index (χ2v) is 7.58. The van der Waals surface area contributed by atoms with Crippen molar-refractivity contribution in [2.45, 2.75) is 13.5 Å². The Kier molecular flexibility index (Phi) is 4.88. The maximum absolute atomic E-state index is 13.2. The van der Waals surface area contributed by atoms with Crippen molar-refractivity contribution in [3.05, 3.63) is 88.7 Å². The quantitative estimate of drug-likeness (QED) is 0.460. The van der Waals surface area contributed by atoms with E-state index in [-0.39, 0.29) is 5.91 Å². The van der Waals surface area contributed by atoms with Gasteiger partial charge in [0.1, 0.15) is 0 Å². The highest BCUT2D eigenvalue weighted by Gasteiger charge is 2.22. The van der Waals surface area contributed by atoms with Crippen LogP contribution in [0.2, 0.25) is 5.02 Å². The minimum Gasteiger partial charge on any atom is -0.278 e. The third kappa shape index (κ3) is 3.70. The second-order valence-electron chi connectivity index (χ2n) is 6.14. The number of nitrogens with zero attached hydrogens (tertiary/aromatic N) is 3. The fraction of sp³-hybridized carbons (Fsp3) is 0.0952. The summed E-state index contributed by atoms with van der Waals surface area (Å²) in [6.07, 6.45) is 1.72. The number of carbonyl (C=O) groups is 1. The standard InChI is InChI=1S/C21H16ClN3OS/c1-14-5-4-7-18-19(14)24-21(27-18)25(13-17-6-2-3-12-23-17)20(26)15-8-10-16(22)11-9-15/h2-12H,13H2,1H3. The lowest BCUT2D eigenvalue weighted by Crippen LogP contribution is -2.30. The number of fused-ring (bicyclic) bond motifs is 1. The number of rotatable bonds is 4. The fourth-order valence-electron chi connectivity index (χ4n) is 2.82. The average Bonchev–Trinajstić information content (AvgIpc) is 3.12. The zero-order chi connectivity index (χ0) is 18.8. The third-order valence-electron chi connectivity index (χ3n) is 4.22. The van der Waals surface area contributed by atoms with Gasteiger partial charge in [-0.05, 0) is 55.0 Å². The van der Waals surface area contributed by atoms with Gasteiger partial charge in [-0.1, -0.05) is 41.1 Å². The van der Waals surface area contributed by atoms with Crippen molar-refractivity contribution < 1.29 is 4.79 Å². The Balaban J connectivity index is 1.78. The van der Waals surface area contributed by atoms with Crippen molar-refractivity contribution in [3.8, 4) is 0 Å². The van der Waals surface area contributed by atoms with Crippen LogP contribution in [0.4, 0.5) is 5.13 Å². The number of aryl methyl sites for hydroxylation is 1. The van der Waals surface area contributed by atoms with E-state index in [0.717, 1.165) is 21.5 Å². The molecule has 0 unspecified atom stereocenters. The van der Waals surface area contributed by atoms with E-state index in [2.05, 4.69) is 4.98 Å². The Labute approximate surface area is 166 Å². The molecular formula is C21H16ClN3OS. The van der Waals surface area contributed by atoms with Gasteiger partial charge in [-0.15, -0.1) is 0 Å². The molecule has 0 saturated carbocycles. The van der Waals surface area contributed by atoms with Gasteiger partial charge in [-0.25, -0.2) is 4.98 Å². The van der Waals surface area contributed by atoms with Crippen LogP contribution in [0.5, 0.6) is 0 Å². The van der Waals surface area contributed by atoms with Crippen molar-refractivity contribution in [2.24, 2.45) is 0 Å². The van der Waals surface area contributed by atoms with Gasteiger partial charge in [0.15, 0.2) is 5.13 Å². The third-order valence-corrected chi connectivity index (χ3v) is 5.52. The lowest BCUT2D eigenvalue weighted by molar-refractivity contribution is 0.0985. The summed E-state index contributed by atoms with van der Waals surface area (Å²) in [4.78, 5) is 24.0. The lowest BCUT2D eigenvalue weighted by atomic mass is 10.2. The van der Waals surface area contributed by atoms with Crippen LogP contribution in [0.25, 0.3) is 10.2 Å². The van der Waals surface area contributed by atoms with Gasteiger partial charge in [0, 0.05) is 16.8 Å². The Morgan fingerprint density at radius 2 is 1.89 bits per heavy atom. The summed E-state index contributed by atoms with van der Waals surface area (Å²) in [5.74, 6) is -0.131. The number of thiazole rings is 1. The van der Waals surface area contributed by atoms with E-state index >= 15 is 0 Å². The summed E-state index contributed by atoms with van der Waals surface area (Å²) in [5, 5.41) is 1.25. The molecule has 4 rings (SSSR count). The largest absolute Gasteiger partial charge is 0.278 e. The SMILES string of the molecule is Cc1cccc2sc(N(Cc3ccccn3)C(=O)c3ccc(Cl)cc3)nc12. The van der Waals surface area contributed by atoms with Gasteiger partial charge < -0.3 is 0 Å². The molecule has 2 aromatic heterocycles. The molecule has 4 aromatic rings. The van der Waals surface area contributed by atoms with Crippen LogP contribution in [-0.2, 0) is 6.54 Å². The molecule has 0 saturated heterocycles. The zero-order valence-corrected chi connectivity index (χ0v) is 16.2. The molecule has 2 aromatic carbocycles. The normalized spacial score (nSPS) is 10.9. The van der Waals surface area contributed by atoms with E-state index in [4.69, 9.17) is 16.6 Å². The van der Waals surface area contributed by atoms with Crippen molar-refractivity contribution in [2.75, 3.05) is 4.90 Å². The molecule has 2 heterocycles. The van der Waals surface area contributed by atoms with Gasteiger partial charge in [0.2, 0.25) is 0 Å². The Hall–Kier alpha value is -2.76. The number of pyridine rings is 1. The molecule has 27 heavy (non-hydrogen) atoms. The first-order valence-electron chi connectivity index (χ1n) is 8.45. The molecule has 4 nitrogen and oxygen atoms in total. The topological polar surface area (TPSA) is 46.1 Å². The van der Waals surface area contributed by atoms with Crippen LogP contribution in [0.1, 0.15) is 21.6 Å².